The summed E-state index contributed by atoms with van der Waals surface area (Å²) in [6.07, 6.45) is 0. The second-order valence-electron chi connectivity index (χ2n) is 6.44. The molecule has 0 aliphatic heterocycles. The van der Waals surface area contributed by atoms with E-state index in [0.29, 0.717) is 34.1 Å². The fraction of sp³-hybridized carbons (Fsp3) is 0.250. The van der Waals surface area contributed by atoms with Gasteiger partial charge in [0.2, 0.25) is 0 Å². The lowest BCUT2D eigenvalue weighted by Gasteiger charge is -2.15. The summed E-state index contributed by atoms with van der Waals surface area (Å²) in [5, 5.41) is 1.17. The number of rotatable bonds is 6. The zero-order chi connectivity index (χ0) is 18.7. The number of thioether (sulfide) groups is 1. The Labute approximate surface area is 164 Å². The number of Topliss-reactive ketones (excluding diaryl/α,β-unsaturated/α-hetero) is 1. The average Bonchev–Trinajstić information content (AvgIpc) is 2.63. The minimum absolute atomic E-state index is 0.0249. The van der Waals surface area contributed by atoms with E-state index in [-0.39, 0.29) is 17.1 Å². The van der Waals surface area contributed by atoms with E-state index in [9.17, 15) is 9.59 Å². The second-order valence-corrected chi connectivity index (χ2v) is 8.30. The molecule has 4 nitrogen and oxygen atoms in total. The Kier molecular flexibility index (Phi) is 5.94. The molecular formula is C20H19BrN2O2S. The summed E-state index contributed by atoms with van der Waals surface area (Å²) in [6.45, 7) is 4.68. The number of benzene rings is 2. The monoisotopic (exact) mass is 430 g/mol. The lowest BCUT2D eigenvalue weighted by Crippen LogP contribution is -2.25. The molecule has 0 atom stereocenters. The normalized spacial score (nSPS) is 11.2. The molecule has 0 fully saturated rings. The van der Waals surface area contributed by atoms with E-state index >= 15 is 0 Å². The molecule has 0 spiro atoms. The third-order valence-electron chi connectivity index (χ3n) is 3.86. The van der Waals surface area contributed by atoms with Crippen LogP contribution in [-0.2, 0) is 6.54 Å². The third-order valence-corrected chi connectivity index (χ3v) is 5.33. The highest BCUT2D eigenvalue weighted by molar-refractivity contribution is 9.10. The maximum Gasteiger partial charge on any atom is 0.262 e. The van der Waals surface area contributed by atoms with Crippen LogP contribution in [0.2, 0.25) is 0 Å². The highest BCUT2D eigenvalue weighted by atomic mass is 79.9. The van der Waals surface area contributed by atoms with Gasteiger partial charge in [0.1, 0.15) is 0 Å². The lowest BCUT2D eigenvalue weighted by atomic mass is 10.2. The maximum atomic E-state index is 13.0. The van der Waals surface area contributed by atoms with E-state index in [1.165, 1.54) is 11.8 Å². The van der Waals surface area contributed by atoms with E-state index in [2.05, 4.69) is 34.8 Å². The molecule has 2 aromatic carbocycles. The summed E-state index contributed by atoms with van der Waals surface area (Å²) in [6, 6.07) is 14.7. The summed E-state index contributed by atoms with van der Waals surface area (Å²) in [7, 11) is 0. The van der Waals surface area contributed by atoms with E-state index < -0.39 is 0 Å². The molecule has 3 rings (SSSR count). The van der Waals surface area contributed by atoms with E-state index in [4.69, 9.17) is 0 Å². The van der Waals surface area contributed by atoms with Gasteiger partial charge < -0.3 is 0 Å². The van der Waals surface area contributed by atoms with E-state index in [0.717, 1.165) is 4.47 Å². The Morgan fingerprint density at radius 3 is 2.62 bits per heavy atom. The van der Waals surface area contributed by atoms with Crippen LogP contribution in [0.4, 0.5) is 0 Å². The predicted octanol–water partition coefficient (Wildman–Crippen LogP) is 4.79. The molecule has 0 bridgehead atoms. The van der Waals surface area contributed by atoms with Gasteiger partial charge in [-0.1, -0.05) is 71.9 Å². The number of aromatic nitrogens is 2. The Balaban J connectivity index is 1.97. The molecular weight excluding hydrogens is 412 g/mol. The standard InChI is InChI=1S/C20H19BrN2O2S/c1-13(2)11-23-19(25)16-10-15(21)8-9-17(16)22-20(23)26-12-18(24)14-6-4-3-5-7-14/h3-10,13H,11-12H2,1-2H3. The third kappa shape index (κ3) is 4.24. The number of ketones is 1. The molecule has 1 heterocycles. The first kappa shape index (κ1) is 18.9. The SMILES string of the molecule is CC(C)Cn1c(SCC(=O)c2ccccc2)nc2ccc(Br)cc2c1=O. The number of carbonyl (C=O) groups is 1. The first-order chi connectivity index (χ1) is 12.5. The number of fused-ring (bicyclic) bond motifs is 1. The van der Waals surface area contributed by atoms with Crippen molar-refractivity contribution in [3.05, 3.63) is 68.9 Å². The predicted molar refractivity (Wildman–Crippen MR) is 110 cm³/mol. The number of nitrogens with zero attached hydrogens (tertiary/aromatic N) is 2. The van der Waals surface area contributed by atoms with Crippen LogP contribution in [0.15, 0.2) is 63.0 Å². The van der Waals surface area contributed by atoms with Crippen LogP contribution in [0.5, 0.6) is 0 Å². The van der Waals surface area contributed by atoms with Gasteiger partial charge in [0, 0.05) is 16.6 Å². The van der Waals surface area contributed by atoms with Crippen LogP contribution in [0.3, 0.4) is 0 Å². The van der Waals surface area contributed by atoms with Crippen molar-refractivity contribution >= 4 is 44.4 Å². The van der Waals surface area contributed by atoms with Gasteiger partial charge in [-0.25, -0.2) is 4.98 Å². The number of hydrogen-bond donors (Lipinski definition) is 0. The first-order valence-corrected chi connectivity index (χ1v) is 10.1. The number of hydrogen-bond acceptors (Lipinski definition) is 4. The molecule has 0 saturated heterocycles. The van der Waals surface area contributed by atoms with Gasteiger partial charge in [-0.2, -0.15) is 0 Å². The summed E-state index contributed by atoms with van der Waals surface area (Å²) in [4.78, 5) is 30.0. The van der Waals surface area contributed by atoms with Crippen molar-refractivity contribution in [2.75, 3.05) is 5.75 Å². The van der Waals surface area contributed by atoms with E-state index in [1.54, 1.807) is 22.8 Å². The van der Waals surface area contributed by atoms with Crippen molar-refractivity contribution in [3.63, 3.8) is 0 Å². The van der Waals surface area contributed by atoms with Gasteiger partial charge in [-0.3, -0.25) is 14.2 Å². The smallest absolute Gasteiger partial charge is 0.262 e. The quantitative estimate of drug-likeness (QED) is 0.320. The van der Waals surface area contributed by atoms with Gasteiger partial charge in [-0.15, -0.1) is 0 Å². The first-order valence-electron chi connectivity index (χ1n) is 8.37. The van der Waals surface area contributed by atoms with Crippen molar-refractivity contribution in [2.45, 2.75) is 25.5 Å². The number of carbonyl (C=O) groups excluding carboxylic acids is 1. The number of halogens is 1. The van der Waals surface area contributed by atoms with Crippen molar-refractivity contribution < 1.29 is 4.79 Å². The summed E-state index contributed by atoms with van der Waals surface area (Å²) in [5.74, 6) is 0.566. The molecule has 0 amide bonds. The van der Waals surface area contributed by atoms with Gasteiger partial charge >= 0.3 is 0 Å². The molecule has 26 heavy (non-hydrogen) atoms. The van der Waals surface area contributed by atoms with Crippen LogP contribution in [-0.4, -0.2) is 21.1 Å². The topological polar surface area (TPSA) is 52.0 Å². The van der Waals surface area contributed by atoms with Crippen molar-refractivity contribution in [2.24, 2.45) is 5.92 Å². The summed E-state index contributed by atoms with van der Waals surface area (Å²) >= 11 is 4.73. The fourth-order valence-corrected chi connectivity index (χ4v) is 3.91. The van der Waals surface area contributed by atoms with Gasteiger partial charge in [-0.05, 0) is 24.1 Å². The van der Waals surface area contributed by atoms with Crippen molar-refractivity contribution in [1.82, 2.24) is 9.55 Å². The van der Waals surface area contributed by atoms with Crippen LogP contribution >= 0.6 is 27.7 Å². The fourth-order valence-electron chi connectivity index (χ4n) is 2.65. The summed E-state index contributed by atoms with van der Waals surface area (Å²) < 4.78 is 2.53. The Morgan fingerprint density at radius 2 is 1.92 bits per heavy atom. The molecule has 0 unspecified atom stereocenters. The lowest BCUT2D eigenvalue weighted by molar-refractivity contribution is 0.102. The Hall–Kier alpha value is -1.92. The van der Waals surface area contributed by atoms with Crippen molar-refractivity contribution in [1.29, 1.82) is 0 Å². The highest BCUT2D eigenvalue weighted by Crippen LogP contribution is 2.22. The molecule has 0 saturated carbocycles. The molecule has 3 aromatic rings. The molecule has 6 heteroatoms. The zero-order valence-corrected chi connectivity index (χ0v) is 17.0. The molecule has 0 radical (unpaired) electrons. The molecule has 0 aliphatic rings. The van der Waals surface area contributed by atoms with Crippen LogP contribution in [0.1, 0.15) is 24.2 Å². The highest BCUT2D eigenvalue weighted by Gasteiger charge is 2.15. The Bertz CT molecular complexity index is 1000. The minimum atomic E-state index is -0.0698. The van der Waals surface area contributed by atoms with Crippen molar-refractivity contribution in [3.8, 4) is 0 Å². The van der Waals surface area contributed by atoms with E-state index in [1.807, 2.05) is 30.3 Å². The molecule has 134 valence electrons. The largest absolute Gasteiger partial charge is 0.293 e. The average molecular weight is 431 g/mol. The molecule has 0 N–H and O–H groups in total. The zero-order valence-electron chi connectivity index (χ0n) is 14.6. The van der Waals surface area contributed by atoms with Gasteiger partial charge in [0.05, 0.1) is 16.7 Å². The second kappa shape index (κ2) is 8.18. The van der Waals surface area contributed by atoms with Crippen LogP contribution < -0.4 is 5.56 Å². The van der Waals surface area contributed by atoms with Crippen LogP contribution in [0.25, 0.3) is 10.9 Å². The maximum absolute atomic E-state index is 13.0. The van der Waals surface area contributed by atoms with Gasteiger partial charge in [0.25, 0.3) is 5.56 Å². The summed E-state index contributed by atoms with van der Waals surface area (Å²) in [5.41, 5.74) is 1.25. The minimum Gasteiger partial charge on any atom is -0.293 e. The molecule has 1 aromatic heterocycles. The molecule has 0 aliphatic carbocycles. The Morgan fingerprint density at radius 1 is 1.19 bits per heavy atom. The van der Waals surface area contributed by atoms with Crippen LogP contribution in [0, 0.1) is 5.92 Å². The van der Waals surface area contributed by atoms with Gasteiger partial charge in [0.15, 0.2) is 10.9 Å².